The fraction of sp³-hybridized carbons (Fsp3) is 0.278. The van der Waals surface area contributed by atoms with Crippen molar-refractivity contribution in [2.75, 3.05) is 19.4 Å². The van der Waals surface area contributed by atoms with Crippen LogP contribution in [-0.2, 0) is 11.2 Å². The normalized spacial score (nSPS) is 10.3. The highest BCUT2D eigenvalue weighted by Crippen LogP contribution is 2.21. The fourth-order valence-corrected chi connectivity index (χ4v) is 2.93. The summed E-state index contributed by atoms with van der Waals surface area (Å²) in [6.45, 7) is 0.593. The summed E-state index contributed by atoms with van der Waals surface area (Å²) in [7, 11) is 1.63. The van der Waals surface area contributed by atoms with Crippen LogP contribution in [0, 0.1) is 5.82 Å². The molecule has 2 rings (SSSR count). The van der Waals surface area contributed by atoms with Gasteiger partial charge in [0.05, 0.1) is 7.11 Å². The van der Waals surface area contributed by atoms with E-state index in [9.17, 15) is 9.18 Å². The molecule has 3 nitrogen and oxygen atoms in total. The molecule has 0 heterocycles. The molecule has 2 aromatic rings. The summed E-state index contributed by atoms with van der Waals surface area (Å²) >= 11 is 1.36. The first kappa shape index (κ1) is 17.3. The molecule has 0 spiro atoms. The Morgan fingerprint density at radius 1 is 1.17 bits per heavy atom. The average Bonchev–Trinajstić information content (AvgIpc) is 2.57. The summed E-state index contributed by atoms with van der Waals surface area (Å²) in [5.74, 6) is 1.14. The van der Waals surface area contributed by atoms with Crippen LogP contribution in [0.3, 0.4) is 0 Å². The van der Waals surface area contributed by atoms with Crippen molar-refractivity contribution in [3.8, 4) is 5.75 Å². The van der Waals surface area contributed by atoms with Gasteiger partial charge in [-0.1, -0.05) is 24.3 Å². The van der Waals surface area contributed by atoms with Crippen molar-refractivity contribution in [1.29, 1.82) is 0 Å². The number of hydrogen-bond acceptors (Lipinski definition) is 3. The number of rotatable bonds is 8. The third-order valence-electron chi connectivity index (χ3n) is 3.32. The zero-order valence-electron chi connectivity index (χ0n) is 13.0. The smallest absolute Gasteiger partial charge is 0.220 e. The SMILES string of the molecule is COc1ccc(CCNC(=O)CCSc2ccccc2F)cc1. The van der Waals surface area contributed by atoms with Crippen LogP contribution in [0.25, 0.3) is 0 Å². The van der Waals surface area contributed by atoms with Gasteiger partial charge in [-0.15, -0.1) is 11.8 Å². The summed E-state index contributed by atoms with van der Waals surface area (Å²) in [6.07, 6.45) is 1.15. The van der Waals surface area contributed by atoms with Crippen molar-refractivity contribution in [3.05, 3.63) is 59.9 Å². The molecule has 122 valence electrons. The minimum atomic E-state index is -0.239. The highest BCUT2D eigenvalue weighted by molar-refractivity contribution is 7.99. The third kappa shape index (κ3) is 5.94. The number of carbonyl (C=O) groups excluding carboxylic acids is 1. The second kappa shape index (κ2) is 9.20. The number of thioether (sulfide) groups is 1. The Balaban J connectivity index is 1.64. The molecule has 0 fully saturated rings. The molecule has 0 aromatic heterocycles. The molecular weight excluding hydrogens is 313 g/mol. The van der Waals surface area contributed by atoms with E-state index in [2.05, 4.69) is 5.32 Å². The topological polar surface area (TPSA) is 38.3 Å². The van der Waals surface area contributed by atoms with Gasteiger partial charge in [-0.2, -0.15) is 0 Å². The monoisotopic (exact) mass is 333 g/mol. The van der Waals surface area contributed by atoms with Crippen LogP contribution in [-0.4, -0.2) is 25.3 Å². The van der Waals surface area contributed by atoms with Crippen LogP contribution in [0.2, 0.25) is 0 Å². The molecule has 1 amide bonds. The van der Waals surface area contributed by atoms with Crippen LogP contribution in [0.15, 0.2) is 53.4 Å². The molecule has 23 heavy (non-hydrogen) atoms. The molecule has 0 radical (unpaired) electrons. The Morgan fingerprint density at radius 2 is 1.91 bits per heavy atom. The summed E-state index contributed by atoms with van der Waals surface area (Å²) in [5, 5.41) is 2.88. The van der Waals surface area contributed by atoms with Crippen LogP contribution >= 0.6 is 11.8 Å². The first-order valence-electron chi connectivity index (χ1n) is 7.46. The molecule has 2 aromatic carbocycles. The molecule has 0 aliphatic heterocycles. The van der Waals surface area contributed by atoms with E-state index < -0.39 is 0 Å². The lowest BCUT2D eigenvalue weighted by Crippen LogP contribution is -2.25. The molecule has 0 saturated carbocycles. The molecule has 0 aliphatic carbocycles. The molecular formula is C18H20FNO2S. The number of amides is 1. The van der Waals surface area contributed by atoms with E-state index in [-0.39, 0.29) is 11.7 Å². The highest BCUT2D eigenvalue weighted by atomic mass is 32.2. The first-order chi connectivity index (χ1) is 11.2. The minimum absolute atomic E-state index is 0.0117. The third-order valence-corrected chi connectivity index (χ3v) is 4.37. The van der Waals surface area contributed by atoms with E-state index in [1.165, 1.54) is 17.8 Å². The maximum absolute atomic E-state index is 13.4. The number of ether oxygens (including phenoxy) is 1. The van der Waals surface area contributed by atoms with Crippen LogP contribution in [0.1, 0.15) is 12.0 Å². The Morgan fingerprint density at radius 3 is 2.61 bits per heavy atom. The van der Waals surface area contributed by atoms with Gasteiger partial charge in [0.15, 0.2) is 0 Å². The van der Waals surface area contributed by atoms with Crippen molar-refractivity contribution < 1.29 is 13.9 Å². The van der Waals surface area contributed by atoms with Gasteiger partial charge >= 0.3 is 0 Å². The van der Waals surface area contributed by atoms with E-state index in [1.807, 2.05) is 24.3 Å². The number of nitrogens with one attached hydrogen (secondary N) is 1. The Bertz CT molecular complexity index is 631. The lowest BCUT2D eigenvalue weighted by Gasteiger charge is -2.06. The molecule has 0 saturated heterocycles. The average molecular weight is 333 g/mol. The Kier molecular flexibility index (Phi) is 6.94. The quantitative estimate of drug-likeness (QED) is 0.749. The second-order valence-electron chi connectivity index (χ2n) is 4.98. The van der Waals surface area contributed by atoms with E-state index in [1.54, 1.807) is 25.3 Å². The summed E-state index contributed by atoms with van der Waals surface area (Å²) in [4.78, 5) is 12.4. The van der Waals surface area contributed by atoms with Gasteiger partial charge in [-0.3, -0.25) is 4.79 Å². The summed E-state index contributed by atoms with van der Waals surface area (Å²) in [6, 6.07) is 14.4. The second-order valence-corrected chi connectivity index (χ2v) is 6.11. The van der Waals surface area contributed by atoms with Gasteiger partial charge in [-0.25, -0.2) is 4.39 Å². The summed E-state index contributed by atoms with van der Waals surface area (Å²) in [5.41, 5.74) is 1.15. The van der Waals surface area contributed by atoms with Crippen LogP contribution in [0.4, 0.5) is 4.39 Å². The molecule has 0 aliphatic rings. The van der Waals surface area contributed by atoms with E-state index in [4.69, 9.17) is 4.74 Å². The molecule has 0 atom stereocenters. The highest BCUT2D eigenvalue weighted by Gasteiger charge is 2.05. The van der Waals surface area contributed by atoms with Crippen molar-refractivity contribution in [1.82, 2.24) is 5.32 Å². The van der Waals surface area contributed by atoms with Gasteiger partial charge in [0.1, 0.15) is 11.6 Å². The van der Waals surface area contributed by atoms with Gasteiger partial charge < -0.3 is 10.1 Å². The maximum atomic E-state index is 13.4. The Labute approximate surface area is 140 Å². The number of halogens is 1. The van der Waals surface area contributed by atoms with Gasteiger partial charge in [0.25, 0.3) is 0 Å². The maximum Gasteiger partial charge on any atom is 0.220 e. The zero-order valence-corrected chi connectivity index (χ0v) is 13.9. The van der Waals surface area contributed by atoms with E-state index >= 15 is 0 Å². The zero-order chi connectivity index (χ0) is 16.5. The Hall–Kier alpha value is -2.01. The first-order valence-corrected chi connectivity index (χ1v) is 8.44. The predicted octanol–water partition coefficient (Wildman–Crippen LogP) is 3.68. The standard InChI is InChI=1S/C18H20FNO2S/c1-22-15-8-6-14(7-9-15)10-12-20-18(21)11-13-23-17-5-3-2-4-16(17)19/h2-9H,10-13H2,1H3,(H,20,21). The number of carbonyl (C=O) groups is 1. The van der Waals surface area contributed by atoms with Crippen LogP contribution < -0.4 is 10.1 Å². The fourth-order valence-electron chi connectivity index (χ4n) is 2.04. The van der Waals surface area contributed by atoms with E-state index in [0.717, 1.165) is 17.7 Å². The lowest BCUT2D eigenvalue weighted by atomic mass is 10.1. The molecule has 0 unspecified atom stereocenters. The van der Waals surface area contributed by atoms with Crippen molar-refractivity contribution in [2.45, 2.75) is 17.7 Å². The van der Waals surface area contributed by atoms with Gasteiger partial charge in [0.2, 0.25) is 5.91 Å². The van der Waals surface area contributed by atoms with Gasteiger partial charge in [-0.05, 0) is 36.2 Å². The lowest BCUT2D eigenvalue weighted by molar-refractivity contribution is -0.120. The number of hydrogen-bond donors (Lipinski definition) is 1. The molecule has 0 bridgehead atoms. The van der Waals surface area contributed by atoms with Crippen molar-refractivity contribution in [2.24, 2.45) is 0 Å². The van der Waals surface area contributed by atoms with Crippen molar-refractivity contribution >= 4 is 17.7 Å². The van der Waals surface area contributed by atoms with Gasteiger partial charge in [0, 0.05) is 23.6 Å². The summed E-state index contributed by atoms with van der Waals surface area (Å²) < 4.78 is 18.5. The van der Waals surface area contributed by atoms with Crippen LogP contribution in [0.5, 0.6) is 5.75 Å². The minimum Gasteiger partial charge on any atom is -0.497 e. The molecule has 1 N–H and O–H groups in total. The van der Waals surface area contributed by atoms with E-state index in [0.29, 0.717) is 23.6 Å². The number of methoxy groups -OCH3 is 1. The predicted molar refractivity (Wildman–Crippen MR) is 91.4 cm³/mol. The largest absolute Gasteiger partial charge is 0.497 e. The molecule has 5 heteroatoms. The van der Waals surface area contributed by atoms with Crippen molar-refractivity contribution in [3.63, 3.8) is 0 Å². The number of benzene rings is 2.